The minimum atomic E-state index is -0.0492. The predicted octanol–water partition coefficient (Wildman–Crippen LogP) is 3.32. The monoisotopic (exact) mass is 402 g/mol. The summed E-state index contributed by atoms with van der Waals surface area (Å²) in [6.45, 7) is 1.60. The van der Waals surface area contributed by atoms with Crippen molar-refractivity contribution in [1.82, 2.24) is 14.6 Å². The van der Waals surface area contributed by atoms with E-state index in [1.165, 1.54) is 5.56 Å². The van der Waals surface area contributed by atoms with Gasteiger partial charge in [-0.25, -0.2) is 0 Å². The van der Waals surface area contributed by atoms with Gasteiger partial charge < -0.3 is 15.0 Å². The number of hydrogen-bond donors (Lipinski definition) is 2. The van der Waals surface area contributed by atoms with Crippen LogP contribution < -0.4 is 10.6 Å². The summed E-state index contributed by atoms with van der Waals surface area (Å²) in [6, 6.07) is 11.8. The van der Waals surface area contributed by atoms with Gasteiger partial charge >= 0.3 is 0 Å². The van der Waals surface area contributed by atoms with E-state index in [-0.39, 0.29) is 17.9 Å². The van der Waals surface area contributed by atoms with Crippen LogP contribution in [-0.2, 0) is 11.2 Å². The second-order valence-corrected chi connectivity index (χ2v) is 8.26. The van der Waals surface area contributed by atoms with Crippen LogP contribution in [-0.4, -0.2) is 47.3 Å². The van der Waals surface area contributed by atoms with Crippen LogP contribution in [0.25, 0.3) is 16.6 Å². The van der Waals surface area contributed by atoms with E-state index < -0.39 is 0 Å². The normalized spacial score (nSPS) is 19.4. The van der Waals surface area contributed by atoms with Crippen molar-refractivity contribution >= 4 is 23.0 Å². The fourth-order valence-corrected chi connectivity index (χ4v) is 4.74. The number of anilines is 1. The zero-order valence-electron chi connectivity index (χ0n) is 17.1. The molecule has 0 spiro atoms. The van der Waals surface area contributed by atoms with Gasteiger partial charge in [-0.2, -0.15) is 0 Å². The Morgan fingerprint density at radius 1 is 1.13 bits per heavy atom. The Balaban J connectivity index is 1.43. The number of nitrogens with one attached hydrogen (secondary N) is 2. The van der Waals surface area contributed by atoms with Crippen LogP contribution in [0.15, 0.2) is 48.8 Å². The minimum absolute atomic E-state index is 0.0188. The van der Waals surface area contributed by atoms with E-state index in [9.17, 15) is 9.59 Å². The Kier molecular flexibility index (Phi) is 4.79. The summed E-state index contributed by atoms with van der Waals surface area (Å²) in [5.74, 6) is 0.0510. The number of carbonyl (C=O) groups is 2. The molecular formula is C24H26N4O2. The lowest BCUT2D eigenvalue weighted by Crippen LogP contribution is -2.44. The maximum atomic E-state index is 12.7. The van der Waals surface area contributed by atoms with Gasteiger partial charge in [0.05, 0.1) is 17.1 Å². The van der Waals surface area contributed by atoms with Crippen LogP contribution in [0.3, 0.4) is 0 Å². The van der Waals surface area contributed by atoms with E-state index in [1.807, 2.05) is 54.0 Å². The van der Waals surface area contributed by atoms with Crippen LogP contribution in [0.4, 0.5) is 5.69 Å². The molecule has 30 heavy (non-hydrogen) atoms. The summed E-state index contributed by atoms with van der Waals surface area (Å²) in [5, 5.41) is 6.05. The molecule has 1 aromatic carbocycles. The Morgan fingerprint density at radius 3 is 2.77 bits per heavy atom. The van der Waals surface area contributed by atoms with Crippen molar-refractivity contribution in [3.8, 4) is 11.1 Å². The van der Waals surface area contributed by atoms with E-state index in [1.54, 1.807) is 0 Å². The molecule has 0 saturated carbocycles. The number of likely N-dealkylation sites (tertiary alicyclic amines) is 1. The third kappa shape index (κ3) is 3.27. The highest BCUT2D eigenvalue weighted by atomic mass is 16.2. The highest BCUT2D eigenvalue weighted by Crippen LogP contribution is 2.33. The van der Waals surface area contributed by atoms with Crippen molar-refractivity contribution in [1.29, 1.82) is 0 Å². The molecule has 2 aromatic heterocycles. The third-order valence-electron chi connectivity index (χ3n) is 6.34. The molecule has 6 nitrogen and oxygen atoms in total. The van der Waals surface area contributed by atoms with Crippen molar-refractivity contribution in [2.45, 2.75) is 31.7 Å². The van der Waals surface area contributed by atoms with Crippen molar-refractivity contribution < 1.29 is 9.59 Å². The van der Waals surface area contributed by atoms with E-state index in [0.717, 1.165) is 60.1 Å². The summed E-state index contributed by atoms with van der Waals surface area (Å²) >= 11 is 0. The molecule has 1 fully saturated rings. The summed E-state index contributed by atoms with van der Waals surface area (Å²) in [7, 11) is 2.02. The molecule has 154 valence electrons. The fourth-order valence-electron chi connectivity index (χ4n) is 4.74. The number of hydrogen-bond acceptors (Lipinski definition) is 3. The number of pyridine rings is 1. The Morgan fingerprint density at radius 2 is 1.97 bits per heavy atom. The number of likely N-dealkylation sites (N-methyl/N-ethyl adjacent to an activating group) is 1. The molecule has 6 heteroatoms. The molecule has 2 aliphatic rings. The maximum absolute atomic E-state index is 12.7. The van der Waals surface area contributed by atoms with Gasteiger partial charge in [-0.1, -0.05) is 18.6 Å². The molecule has 0 aliphatic carbocycles. The van der Waals surface area contributed by atoms with Crippen LogP contribution in [0.5, 0.6) is 0 Å². The van der Waals surface area contributed by atoms with Gasteiger partial charge in [-0.3, -0.25) is 14.5 Å². The zero-order valence-corrected chi connectivity index (χ0v) is 17.1. The van der Waals surface area contributed by atoms with Crippen molar-refractivity contribution in [3.63, 3.8) is 0 Å². The highest BCUT2D eigenvalue weighted by molar-refractivity contribution is 6.03. The first-order chi connectivity index (χ1) is 14.6. The zero-order chi connectivity index (χ0) is 20.7. The van der Waals surface area contributed by atoms with Gasteiger partial charge in [-0.05, 0) is 68.2 Å². The molecule has 2 N–H and O–H groups in total. The molecule has 2 amide bonds. The molecule has 0 radical (unpaired) electrons. The molecule has 4 heterocycles. The molecule has 0 unspecified atom stereocenters. The second-order valence-electron chi connectivity index (χ2n) is 8.26. The number of rotatable bonds is 3. The number of nitrogens with zero attached hydrogens (tertiary/aromatic N) is 2. The van der Waals surface area contributed by atoms with E-state index in [4.69, 9.17) is 0 Å². The van der Waals surface area contributed by atoms with E-state index >= 15 is 0 Å². The van der Waals surface area contributed by atoms with Crippen molar-refractivity contribution in [3.05, 3.63) is 59.9 Å². The first-order valence-electron chi connectivity index (χ1n) is 10.6. The number of piperidine rings is 1. The smallest absolute Gasteiger partial charge is 0.253 e. The highest BCUT2D eigenvalue weighted by Gasteiger charge is 2.26. The van der Waals surface area contributed by atoms with Gasteiger partial charge in [0.2, 0.25) is 5.91 Å². The molecular weight excluding hydrogens is 376 g/mol. The fraction of sp³-hybridized carbons (Fsp3) is 0.333. The topological polar surface area (TPSA) is 65.8 Å². The SMILES string of the molecule is CN1CCCC[C@H]1C(=O)Nc1ccc(-c2cn3cccc4c3c2CCNC4=O)cc1. The lowest BCUT2D eigenvalue weighted by atomic mass is 10.00. The predicted molar refractivity (Wildman–Crippen MR) is 118 cm³/mol. The number of aromatic nitrogens is 1. The van der Waals surface area contributed by atoms with Gasteiger partial charge in [0.15, 0.2) is 0 Å². The molecule has 1 atom stereocenters. The molecule has 2 aliphatic heterocycles. The lowest BCUT2D eigenvalue weighted by Gasteiger charge is -2.31. The molecule has 0 bridgehead atoms. The molecule has 3 aromatic rings. The van der Waals surface area contributed by atoms with Gasteiger partial charge in [-0.15, -0.1) is 0 Å². The summed E-state index contributed by atoms with van der Waals surface area (Å²) in [6.07, 6.45) is 8.05. The van der Waals surface area contributed by atoms with Crippen LogP contribution >= 0.6 is 0 Å². The average Bonchev–Trinajstić information content (AvgIpc) is 3.04. The maximum Gasteiger partial charge on any atom is 0.253 e. The number of benzene rings is 1. The standard InChI is InChI=1S/C24H26N4O2/c1-27-13-3-2-6-21(27)24(30)26-17-9-7-16(8-10-17)20-15-28-14-4-5-19-22(28)18(20)11-12-25-23(19)29/h4-5,7-10,14-15,21H,2-3,6,11-13H2,1H3,(H,25,29)(H,26,30)/t21-/m0/s1. The quantitative estimate of drug-likeness (QED) is 0.706. The van der Waals surface area contributed by atoms with Crippen molar-refractivity contribution in [2.24, 2.45) is 0 Å². The van der Waals surface area contributed by atoms with Crippen LogP contribution in [0.1, 0.15) is 35.2 Å². The van der Waals surface area contributed by atoms with Crippen molar-refractivity contribution in [2.75, 3.05) is 25.5 Å². The largest absolute Gasteiger partial charge is 0.352 e. The lowest BCUT2D eigenvalue weighted by molar-refractivity contribution is -0.121. The first kappa shape index (κ1) is 18.9. The summed E-state index contributed by atoms with van der Waals surface area (Å²) in [5.41, 5.74) is 5.92. The summed E-state index contributed by atoms with van der Waals surface area (Å²) < 4.78 is 2.04. The van der Waals surface area contributed by atoms with Crippen LogP contribution in [0.2, 0.25) is 0 Å². The second kappa shape index (κ2) is 7.61. The third-order valence-corrected chi connectivity index (χ3v) is 6.34. The van der Waals surface area contributed by atoms with Gasteiger partial charge in [0.1, 0.15) is 0 Å². The summed E-state index contributed by atoms with van der Waals surface area (Å²) in [4.78, 5) is 27.2. The molecule has 5 rings (SSSR count). The van der Waals surface area contributed by atoms with E-state index in [2.05, 4.69) is 21.7 Å². The van der Waals surface area contributed by atoms with Gasteiger partial charge in [0, 0.05) is 30.2 Å². The molecule has 1 saturated heterocycles. The van der Waals surface area contributed by atoms with Gasteiger partial charge in [0.25, 0.3) is 5.91 Å². The Bertz CT molecular complexity index is 1120. The minimum Gasteiger partial charge on any atom is -0.352 e. The Hall–Kier alpha value is -3.12. The number of carbonyl (C=O) groups excluding carboxylic acids is 2. The van der Waals surface area contributed by atoms with E-state index in [0.29, 0.717) is 6.54 Å². The number of amides is 2. The van der Waals surface area contributed by atoms with Crippen LogP contribution in [0, 0.1) is 0 Å². The Labute approximate surface area is 175 Å². The average molecular weight is 402 g/mol. The first-order valence-corrected chi connectivity index (χ1v) is 10.6.